The minimum Gasteiger partial charge on any atom is -0.469 e. The van der Waals surface area contributed by atoms with Crippen LogP contribution in [0.15, 0.2) is 0 Å². The lowest BCUT2D eigenvalue weighted by molar-refractivity contribution is -0.172. The lowest BCUT2D eigenvalue weighted by atomic mass is 9.91. The summed E-state index contributed by atoms with van der Waals surface area (Å²) in [5.74, 6) is -1.69. The Labute approximate surface area is 83.2 Å². The quantitative estimate of drug-likeness (QED) is 0.511. The third kappa shape index (κ3) is 3.32. The monoisotopic (exact) mass is 201 g/mol. The molecule has 0 aliphatic heterocycles. The van der Waals surface area contributed by atoms with E-state index in [-0.39, 0.29) is 12.3 Å². The van der Waals surface area contributed by atoms with Crippen molar-refractivity contribution in [1.29, 1.82) is 5.26 Å². The number of methoxy groups -OCH3 is 2. The molecule has 0 fully saturated rings. The summed E-state index contributed by atoms with van der Waals surface area (Å²) >= 11 is 0. The Balaban J connectivity index is 4.55. The fourth-order valence-corrected chi connectivity index (χ4v) is 1.18. The van der Waals surface area contributed by atoms with Gasteiger partial charge < -0.3 is 14.6 Å². The average Bonchev–Trinajstić information content (AvgIpc) is 2.17. The summed E-state index contributed by atoms with van der Waals surface area (Å²) in [7, 11) is 2.52. The Morgan fingerprint density at radius 2 is 2.14 bits per heavy atom. The van der Waals surface area contributed by atoms with Crippen LogP contribution in [0.4, 0.5) is 0 Å². The zero-order chi connectivity index (χ0) is 11.1. The summed E-state index contributed by atoms with van der Waals surface area (Å²) in [5.41, 5.74) is 0. The maximum absolute atomic E-state index is 11.3. The number of aliphatic hydroxyl groups excluding tert-OH is 1. The second-order valence-corrected chi connectivity index (χ2v) is 3.01. The summed E-state index contributed by atoms with van der Waals surface area (Å²) in [6, 6.07) is 1.93. The van der Waals surface area contributed by atoms with Crippen LogP contribution in [0, 0.1) is 23.2 Å². The van der Waals surface area contributed by atoms with E-state index in [4.69, 9.17) is 5.26 Å². The molecule has 5 heteroatoms. The van der Waals surface area contributed by atoms with Gasteiger partial charge in [-0.15, -0.1) is 0 Å². The van der Waals surface area contributed by atoms with Gasteiger partial charge in [0.2, 0.25) is 0 Å². The van der Waals surface area contributed by atoms with Gasteiger partial charge in [-0.25, -0.2) is 0 Å². The molecule has 0 bridgehead atoms. The van der Waals surface area contributed by atoms with Crippen LogP contribution in [0.5, 0.6) is 0 Å². The third-order valence-corrected chi connectivity index (χ3v) is 2.05. The summed E-state index contributed by atoms with van der Waals surface area (Å²) < 4.78 is 9.16. The first-order chi connectivity index (χ1) is 6.58. The molecule has 0 saturated heterocycles. The van der Waals surface area contributed by atoms with Gasteiger partial charge in [0.05, 0.1) is 13.2 Å². The molecular weight excluding hydrogens is 186 g/mol. The van der Waals surface area contributed by atoms with E-state index in [1.54, 1.807) is 6.92 Å². The molecule has 3 atom stereocenters. The zero-order valence-electron chi connectivity index (χ0n) is 8.56. The van der Waals surface area contributed by atoms with Crippen molar-refractivity contribution < 1.29 is 19.4 Å². The largest absolute Gasteiger partial charge is 0.469 e. The number of rotatable bonds is 5. The Morgan fingerprint density at radius 3 is 2.50 bits per heavy atom. The number of nitriles is 1. The van der Waals surface area contributed by atoms with E-state index in [1.165, 1.54) is 14.2 Å². The van der Waals surface area contributed by atoms with Crippen LogP contribution in [0.2, 0.25) is 0 Å². The minimum atomic E-state index is -1.23. The number of aliphatic hydroxyl groups is 1. The van der Waals surface area contributed by atoms with Gasteiger partial charge in [0, 0.05) is 13.5 Å². The van der Waals surface area contributed by atoms with Crippen molar-refractivity contribution in [3.05, 3.63) is 0 Å². The van der Waals surface area contributed by atoms with Crippen molar-refractivity contribution >= 4 is 5.97 Å². The van der Waals surface area contributed by atoms with Crippen molar-refractivity contribution in [2.75, 3.05) is 14.2 Å². The van der Waals surface area contributed by atoms with E-state index in [2.05, 4.69) is 9.47 Å². The highest BCUT2D eigenvalue weighted by atomic mass is 16.6. The molecule has 1 N–H and O–H groups in total. The van der Waals surface area contributed by atoms with Gasteiger partial charge in [-0.1, -0.05) is 6.92 Å². The predicted molar refractivity (Wildman–Crippen MR) is 47.9 cm³/mol. The molecule has 0 rings (SSSR count). The van der Waals surface area contributed by atoms with Crippen LogP contribution in [0.25, 0.3) is 0 Å². The van der Waals surface area contributed by atoms with E-state index in [0.29, 0.717) is 0 Å². The van der Waals surface area contributed by atoms with Crippen molar-refractivity contribution in [3.8, 4) is 6.07 Å². The molecule has 5 nitrogen and oxygen atoms in total. The van der Waals surface area contributed by atoms with Crippen molar-refractivity contribution in [1.82, 2.24) is 0 Å². The number of hydrogen-bond donors (Lipinski definition) is 1. The van der Waals surface area contributed by atoms with Crippen LogP contribution >= 0.6 is 0 Å². The first kappa shape index (κ1) is 12.9. The first-order valence-corrected chi connectivity index (χ1v) is 4.24. The van der Waals surface area contributed by atoms with Gasteiger partial charge in [0.25, 0.3) is 0 Å². The Bertz CT molecular complexity index is 223. The van der Waals surface area contributed by atoms with E-state index in [0.717, 1.165) is 0 Å². The van der Waals surface area contributed by atoms with Crippen molar-refractivity contribution in [2.24, 2.45) is 11.8 Å². The molecule has 0 aromatic carbocycles. The van der Waals surface area contributed by atoms with Gasteiger partial charge in [0.15, 0.2) is 6.29 Å². The first-order valence-electron chi connectivity index (χ1n) is 4.24. The minimum absolute atomic E-state index is 0.167. The number of carbonyl (C=O) groups excluding carboxylic acids is 1. The lowest BCUT2D eigenvalue weighted by Gasteiger charge is -2.23. The van der Waals surface area contributed by atoms with Gasteiger partial charge in [-0.3, -0.25) is 4.79 Å². The van der Waals surface area contributed by atoms with E-state index >= 15 is 0 Å². The van der Waals surface area contributed by atoms with Crippen LogP contribution in [-0.2, 0) is 14.3 Å². The van der Waals surface area contributed by atoms with E-state index < -0.39 is 18.2 Å². The number of esters is 1. The summed E-state index contributed by atoms with van der Waals surface area (Å²) in [6.07, 6.45) is -1.06. The van der Waals surface area contributed by atoms with Crippen LogP contribution in [0.3, 0.4) is 0 Å². The smallest absolute Gasteiger partial charge is 0.314 e. The molecule has 0 spiro atoms. The SMILES string of the molecule is COC(=O)C(C(O)OC)[C@H](C)CC#N. The van der Waals surface area contributed by atoms with Crippen LogP contribution < -0.4 is 0 Å². The van der Waals surface area contributed by atoms with Crippen LogP contribution in [-0.4, -0.2) is 31.6 Å². The Kier molecular flexibility index (Phi) is 5.84. The summed E-state index contributed by atoms with van der Waals surface area (Å²) in [4.78, 5) is 11.3. The number of ether oxygens (including phenoxy) is 2. The predicted octanol–water partition coefficient (Wildman–Crippen LogP) is 0.290. The molecule has 14 heavy (non-hydrogen) atoms. The summed E-state index contributed by atoms with van der Waals surface area (Å²) in [6.45, 7) is 1.69. The van der Waals surface area contributed by atoms with Gasteiger partial charge in [-0.05, 0) is 5.92 Å². The number of carbonyl (C=O) groups is 1. The van der Waals surface area contributed by atoms with E-state index in [9.17, 15) is 9.90 Å². The lowest BCUT2D eigenvalue weighted by Crippen LogP contribution is -2.35. The van der Waals surface area contributed by atoms with Gasteiger partial charge in [0.1, 0.15) is 5.92 Å². The zero-order valence-corrected chi connectivity index (χ0v) is 8.56. The highest BCUT2D eigenvalue weighted by molar-refractivity contribution is 5.73. The molecule has 0 saturated carbocycles. The highest BCUT2D eigenvalue weighted by Gasteiger charge is 2.33. The topological polar surface area (TPSA) is 79.6 Å². The van der Waals surface area contributed by atoms with Crippen LogP contribution in [0.1, 0.15) is 13.3 Å². The molecule has 0 heterocycles. The highest BCUT2D eigenvalue weighted by Crippen LogP contribution is 2.20. The average molecular weight is 201 g/mol. The second-order valence-electron chi connectivity index (χ2n) is 3.01. The molecule has 0 radical (unpaired) electrons. The molecule has 0 aromatic rings. The van der Waals surface area contributed by atoms with Gasteiger partial charge in [-0.2, -0.15) is 5.26 Å². The van der Waals surface area contributed by atoms with Gasteiger partial charge >= 0.3 is 5.97 Å². The number of nitrogens with zero attached hydrogens (tertiary/aromatic N) is 1. The molecule has 80 valence electrons. The fraction of sp³-hybridized carbons (Fsp3) is 0.778. The summed E-state index contributed by atoms with van der Waals surface area (Å²) in [5, 5.41) is 17.9. The molecule has 0 aromatic heterocycles. The molecule has 0 amide bonds. The third-order valence-electron chi connectivity index (χ3n) is 2.05. The van der Waals surface area contributed by atoms with E-state index in [1.807, 2.05) is 6.07 Å². The van der Waals surface area contributed by atoms with Crippen molar-refractivity contribution in [2.45, 2.75) is 19.6 Å². The molecule has 2 unspecified atom stereocenters. The maximum atomic E-state index is 11.3. The Hall–Kier alpha value is -1.12. The molecule has 0 aliphatic rings. The normalized spacial score (nSPS) is 16.5. The number of hydrogen-bond acceptors (Lipinski definition) is 5. The second kappa shape index (κ2) is 6.35. The molecular formula is C9H15NO4. The fourth-order valence-electron chi connectivity index (χ4n) is 1.18. The standard InChI is InChI=1S/C9H15NO4/c1-6(4-5-10)7(8(11)13-2)9(12)14-3/h6-8,11H,4H2,1-3H3/t6-,7?,8?/m1/s1. The maximum Gasteiger partial charge on any atom is 0.314 e. The molecule has 0 aliphatic carbocycles. The van der Waals surface area contributed by atoms with Crippen molar-refractivity contribution in [3.63, 3.8) is 0 Å². The Morgan fingerprint density at radius 1 is 1.57 bits per heavy atom.